The third-order valence-electron chi connectivity index (χ3n) is 6.78. The number of carbonyl (C=O) groups excluding carboxylic acids is 1. The third-order valence-corrected chi connectivity index (χ3v) is 6.78. The van der Waals surface area contributed by atoms with Gasteiger partial charge in [0.2, 0.25) is 0 Å². The second kappa shape index (κ2) is 8.46. The molecule has 5 nitrogen and oxygen atoms in total. The first kappa shape index (κ1) is 20.2. The fourth-order valence-electron chi connectivity index (χ4n) is 5.13. The number of carbonyl (C=O) groups is 1. The number of ether oxygens (including phenoxy) is 2. The van der Waals surface area contributed by atoms with Gasteiger partial charge in [-0.25, -0.2) is 4.79 Å². The van der Waals surface area contributed by atoms with E-state index in [0.29, 0.717) is 5.92 Å². The molecule has 4 aliphatic rings. The Bertz CT molecular complexity index is 942. The fourth-order valence-corrected chi connectivity index (χ4v) is 5.13. The number of hydrogen-bond donors (Lipinski definition) is 1. The normalized spacial score (nSPS) is 26.5. The Kier molecular flexibility index (Phi) is 5.52. The van der Waals surface area contributed by atoms with Crippen LogP contribution in [0.3, 0.4) is 0 Å². The molecule has 1 unspecified atom stereocenters. The molecule has 2 aromatic rings. The molecule has 0 saturated carbocycles. The van der Waals surface area contributed by atoms with E-state index in [0.717, 1.165) is 62.0 Å². The SMILES string of the molecule is O=C(NC1CCc2cc(-c3ccc(OC(F)F)cc3)ccc21)O[C@H]1CN2CCC1CC2. The highest BCUT2D eigenvalue weighted by Crippen LogP contribution is 2.35. The van der Waals surface area contributed by atoms with Crippen LogP contribution in [-0.2, 0) is 11.2 Å². The molecular weight excluding hydrogens is 402 g/mol. The van der Waals surface area contributed by atoms with Gasteiger partial charge in [0.05, 0.1) is 6.04 Å². The van der Waals surface area contributed by atoms with E-state index in [2.05, 4.69) is 21.0 Å². The molecule has 0 spiro atoms. The van der Waals surface area contributed by atoms with E-state index in [1.54, 1.807) is 24.3 Å². The van der Waals surface area contributed by atoms with Gasteiger partial charge in [-0.1, -0.05) is 30.3 Å². The number of benzene rings is 2. The van der Waals surface area contributed by atoms with Gasteiger partial charge in [0.15, 0.2) is 0 Å². The molecule has 7 heteroatoms. The van der Waals surface area contributed by atoms with Gasteiger partial charge in [-0.15, -0.1) is 0 Å². The number of hydrogen-bond acceptors (Lipinski definition) is 4. The number of nitrogens with zero attached hydrogens (tertiary/aromatic N) is 1. The summed E-state index contributed by atoms with van der Waals surface area (Å²) in [6.45, 7) is 0.260. The number of aryl methyl sites for hydroxylation is 1. The van der Waals surface area contributed by atoms with Crippen LogP contribution < -0.4 is 10.1 Å². The maximum atomic E-state index is 12.5. The minimum atomic E-state index is -2.83. The van der Waals surface area contributed by atoms with Gasteiger partial charge in [0, 0.05) is 6.54 Å². The van der Waals surface area contributed by atoms with Gasteiger partial charge in [-0.3, -0.25) is 4.90 Å². The van der Waals surface area contributed by atoms with Crippen molar-refractivity contribution in [2.75, 3.05) is 19.6 Å². The standard InChI is InChI=1S/C24H26F2N2O3/c25-23(26)30-19-5-1-15(2-6-19)17-3-7-20-18(13-17)4-8-21(20)27-24(29)31-22-14-28-11-9-16(22)10-12-28/h1-3,5-7,13,16,21-23H,4,8-12,14H2,(H,27,29)/t21?,22-/m0/s1. The lowest BCUT2D eigenvalue weighted by molar-refractivity contribution is -0.0498. The van der Waals surface area contributed by atoms with Gasteiger partial charge in [-0.05, 0) is 79.1 Å². The Hall–Kier alpha value is -2.67. The van der Waals surface area contributed by atoms with Crippen molar-refractivity contribution in [3.63, 3.8) is 0 Å². The van der Waals surface area contributed by atoms with Gasteiger partial charge >= 0.3 is 12.7 Å². The van der Waals surface area contributed by atoms with Crippen LogP contribution in [0.25, 0.3) is 11.1 Å². The Balaban J connectivity index is 1.22. The van der Waals surface area contributed by atoms with Crippen molar-refractivity contribution in [1.29, 1.82) is 0 Å². The predicted octanol–water partition coefficient (Wildman–Crippen LogP) is 4.76. The number of amides is 1. The molecule has 2 atom stereocenters. The average Bonchev–Trinajstić information content (AvgIpc) is 3.16. The Morgan fingerprint density at radius 2 is 1.77 bits per heavy atom. The first-order valence-electron chi connectivity index (χ1n) is 10.9. The third kappa shape index (κ3) is 4.37. The van der Waals surface area contributed by atoms with Crippen LogP contribution in [0, 0.1) is 5.92 Å². The smallest absolute Gasteiger partial charge is 0.407 e. The van der Waals surface area contributed by atoms with E-state index in [9.17, 15) is 13.6 Å². The molecule has 1 amide bonds. The van der Waals surface area contributed by atoms with Crippen LogP contribution in [0.4, 0.5) is 13.6 Å². The molecule has 0 radical (unpaired) electrons. The van der Waals surface area contributed by atoms with E-state index in [4.69, 9.17) is 4.74 Å². The minimum absolute atomic E-state index is 0.00257. The Morgan fingerprint density at radius 3 is 2.45 bits per heavy atom. The second-order valence-corrected chi connectivity index (χ2v) is 8.63. The summed E-state index contributed by atoms with van der Waals surface area (Å²) in [7, 11) is 0. The van der Waals surface area contributed by atoms with Crippen molar-refractivity contribution in [3.05, 3.63) is 53.6 Å². The molecule has 164 valence electrons. The number of fused-ring (bicyclic) bond motifs is 4. The summed E-state index contributed by atoms with van der Waals surface area (Å²) in [5.41, 5.74) is 4.26. The van der Waals surface area contributed by atoms with E-state index in [-0.39, 0.29) is 24.0 Å². The van der Waals surface area contributed by atoms with Gasteiger partial charge in [-0.2, -0.15) is 8.78 Å². The van der Waals surface area contributed by atoms with Crippen molar-refractivity contribution < 1.29 is 23.0 Å². The van der Waals surface area contributed by atoms with Gasteiger partial charge in [0.25, 0.3) is 0 Å². The lowest BCUT2D eigenvalue weighted by Gasteiger charge is -2.43. The summed E-state index contributed by atoms with van der Waals surface area (Å²) in [5.74, 6) is 0.636. The summed E-state index contributed by atoms with van der Waals surface area (Å²) in [6, 6.07) is 12.7. The molecule has 6 rings (SSSR count). The zero-order chi connectivity index (χ0) is 21.4. The number of piperidine rings is 3. The van der Waals surface area contributed by atoms with Crippen molar-refractivity contribution in [2.24, 2.45) is 5.92 Å². The van der Waals surface area contributed by atoms with Crippen LogP contribution in [0.2, 0.25) is 0 Å². The monoisotopic (exact) mass is 428 g/mol. The molecule has 3 fully saturated rings. The number of alkyl carbamates (subject to hydrolysis) is 1. The molecule has 2 aromatic carbocycles. The largest absolute Gasteiger partial charge is 0.445 e. The molecule has 2 bridgehead atoms. The molecule has 3 heterocycles. The summed E-state index contributed by atoms with van der Waals surface area (Å²) in [6.07, 6.45) is 3.62. The summed E-state index contributed by atoms with van der Waals surface area (Å²) in [4.78, 5) is 14.9. The van der Waals surface area contributed by atoms with Crippen LogP contribution >= 0.6 is 0 Å². The van der Waals surface area contributed by atoms with Crippen LogP contribution in [-0.4, -0.2) is 43.3 Å². The lowest BCUT2D eigenvalue weighted by atomic mass is 9.86. The highest BCUT2D eigenvalue weighted by molar-refractivity contribution is 5.70. The highest BCUT2D eigenvalue weighted by atomic mass is 19.3. The predicted molar refractivity (Wildman–Crippen MR) is 112 cm³/mol. The van der Waals surface area contributed by atoms with E-state index >= 15 is 0 Å². The first-order valence-corrected chi connectivity index (χ1v) is 10.9. The van der Waals surface area contributed by atoms with Crippen molar-refractivity contribution in [3.8, 4) is 16.9 Å². The molecule has 3 aliphatic heterocycles. The highest BCUT2D eigenvalue weighted by Gasteiger charge is 2.37. The summed E-state index contributed by atoms with van der Waals surface area (Å²) < 4.78 is 34.8. The average molecular weight is 428 g/mol. The van der Waals surface area contributed by atoms with Gasteiger partial charge < -0.3 is 14.8 Å². The minimum Gasteiger partial charge on any atom is -0.445 e. The molecule has 31 heavy (non-hydrogen) atoms. The first-order chi connectivity index (χ1) is 15.0. The molecule has 3 saturated heterocycles. The summed E-state index contributed by atoms with van der Waals surface area (Å²) in [5, 5.41) is 3.06. The number of alkyl halides is 2. The quantitative estimate of drug-likeness (QED) is 0.746. The Morgan fingerprint density at radius 1 is 1.03 bits per heavy atom. The maximum Gasteiger partial charge on any atom is 0.407 e. The zero-order valence-corrected chi connectivity index (χ0v) is 17.2. The summed E-state index contributed by atoms with van der Waals surface area (Å²) >= 11 is 0. The van der Waals surface area contributed by atoms with Crippen molar-refractivity contribution in [1.82, 2.24) is 10.2 Å². The van der Waals surface area contributed by atoms with Crippen LogP contribution in [0.5, 0.6) is 5.75 Å². The van der Waals surface area contributed by atoms with E-state index in [1.165, 1.54) is 5.56 Å². The fraction of sp³-hybridized carbons (Fsp3) is 0.458. The van der Waals surface area contributed by atoms with Gasteiger partial charge in [0.1, 0.15) is 11.9 Å². The van der Waals surface area contributed by atoms with E-state index < -0.39 is 6.61 Å². The number of nitrogens with one attached hydrogen (secondary N) is 1. The number of halogens is 2. The second-order valence-electron chi connectivity index (χ2n) is 8.63. The lowest BCUT2D eigenvalue weighted by Crippen LogP contribution is -2.52. The maximum absolute atomic E-state index is 12.5. The molecular formula is C24H26F2N2O3. The van der Waals surface area contributed by atoms with Crippen LogP contribution in [0.1, 0.15) is 36.4 Å². The molecule has 1 aliphatic carbocycles. The molecule has 0 aromatic heterocycles. The van der Waals surface area contributed by atoms with Crippen LogP contribution in [0.15, 0.2) is 42.5 Å². The topological polar surface area (TPSA) is 50.8 Å². The van der Waals surface area contributed by atoms with Crippen molar-refractivity contribution >= 4 is 6.09 Å². The number of rotatable bonds is 5. The molecule has 1 N–H and O–H groups in total. The Labute approximate surface area is 180 Å². The van der Waals surface area contributed by atoms with Crippen molar-refractivity contribution in [2.45, 2.75) is 44.4 Å². The zero-order valence-electron chi connectivity index (χ0n) is 17.2. The van der Waals surface area contributed by atoms with E-state index in [1.807, 2.05) is 12.1 Å².